The van der Waals surface area contributed by atoms with Crippen LogP contribution < -0.4 is 4.90 Å². The molecule has 1 N–H and O–H groups in total. The summed E-state index contributed by atoms with van der Waals surface area (Å²) in [5.41, 5.74) is -0.686. The minimum absolute atomic E-state index is 0.326. The molecule has 0 saturated carbocycles. The molecule has 1 aliphatic heterocycles. The normalized spacial score (nSPS) is 18.5. The Labute approximate surface area is 96.9 Å². The Bertz CT molecular complexity index is 387. The van der Waals surface area contributed by atoms with Gasteiger partial charge in [0.2, 0.25) is 0 Å². The van der Waals surface area contributed by atoms with E-state index in [4.69, 9.17) is 0 Å². The standard InChI is InChI=1S/C11H13F3N2O/c12-11(13,14)8-1-4-15-10(7-8)16-5-2-9(17)3-6-16/h1,4,7,9,17H,2-3,5-6H2. The lowest BCUT2D eigenvalue weighted by Gasteiger charge is -2.30. The van der Waals surface area contributed by atoms with E-state index >= 15 is 0 Å². The summed E-state index contributed by atoms with van der Waals surface area (Å²) in [7, 11) is 0. The van der Waals surface area contributed by atoms with Gasteiger partial charge in [-0.05, 0) is 25.0 Å². The number of alkyl halides is 3. The highest BCUT2D eigenvalue weighted by Gasteiger charge is 2.31. The van der Waals surface area contributed by atoms with Crippen molar-refractivity contribution in [2.24, 2.45) is 0 Å². The molecule has 2 rings (SSSR count). The van der Waals surface area contributed by atoms with Crippen LogP contribution in [0.2, 0.25) is 0 Å². The fourth-order valence-electron chi connectivity index (χ4n) is 1.86. The molecule has 0 atom stereocenters. The van der Waals surface area contributed by atoms with Crippen molar-refractivity contribution in [1.82, 2.24) is 4.98 Å². The van der Waals surface area contributed by atoms with Crippen LogP contribution in [0.3, 0.4) is 0 Å². The molecule has 3 nitrogen and oxygen atoms in total. The van der Waals surface area contributed by atoms with Crippen molar-refractivity contribution in [3.63, 3.8) is 0 Å². The fourth-order valence-corrected chi connectivity index (χ4v) is 1.86. The highest BCUT2D eigenvalue weighted by molar-refractivity contribution is 5.42. The second-order valence-corrected chi connectivity index (χ2v) is 4.12. The van der Waals surface area contributed by atoms with Crippen molar-refractivity contribution >= 4 is 5.82 Å². The van der Waals surface area contributed by atoms with Gasteiger partial charge in [-0.15, -0.1) is 0 Å². The first-order valence-electron chi connectivity index (χ1n) is 5.43. The topological polar surface area (TPSA) is 36.4 Å². The molecule has 0 bridgehead atoms. The van der Waals surface area contributed by atoms with Gasteiger partial charge in [0.1, 0.15) is 5.82 Å². The van der Waals surface area contributed by atoms with Crippen LogP contribution in [-0.4, -0.2) is 29.3 Å². The number of hydrogen-bond donors (Lipinski definition) is 1. The number of aliphatic hydroxyl groups excluding tert-OH is 1. The Kier molecular flexibility index (Phi) is 3.24. The van der Waals surface area contributed by atoms with E-state index in [9.17, 15) is 18.3 Å². The Balaban J connectivity index is 2.16. The maximum Gasteiger partial charge on any atom is 0.416 e. The van der Waals surface area contributed by atoms with Crippen molar-refractivity contribution in [3.8, 4) is 0 Å². The number of aliphatic hydroxyl groups is 1. The predicted molar refractivity (Wildman–Crippen MR) is 56.7 cm³/mol. The zero-order chi connectivity index (χ0) is 12.5. The lowest BCUT2D eigenvalue weighted by Crippen LogP contribution is -2.36. The third-order valence-corrected chi connectivity index (χ3v) is 2.86. The minimum Gasteiger partial charge on any atom is -0.393 e. The second kappa shape index (κ2) is 4.52. The first-order valence-corrected chi connectivity index (χ1v) is 5.43. The number of halogens is 3. The van der Waals surface area contributed by atoms with Crippen molar-refractivity contribution in [1.29, 1.82) is 0 Å². The van der Waals surface area contributed by atoms with E-state index in [-0.39, 0.29) is 6.10 Å². The number of rotatable bonds is 1. The van der Waals surface area contributed by atoms with Crippen LogP contribution in [0.25, 0.3) is 0 Å². The average molecular weight is 246 g/mol. The van der Waals surface area contributed by atoms with Crippen LogP contribution >= 0.6 is 0 Å². The Morgan fingerprint density at radius 3 is 2.53 bits per heavy atom. The maximum atomic E-state index is 12.5. The van der Waals surface area contributed by atoms with Crippen LogP contribution in [0.5, 0.6) is 0 Å². The van der Waals surface area contributed by atoms with E-state index in [0.29, 0.717) is 31.7 Å². The summed E-state index contributed by atoms with van der Waals surface area (Å²) in [6, 6.07) is 2.01. The van der Waals surface area contributed by atoms with E-state index < -0.39 is 11.7 Å². The number of aromatic nitrogens is 1. The molecule has 0 spiro atoms. The van der Waals surface area contributed by atoms with E-state index in [0.717, 1.165) is 12.1 Å². The molecule has 17 heavy (non-hydrogen) atoms. The Morgan fingerprint density at radius 2 is 1.94 bits per heavy atom. The quantitative estimate of drug-likeness (QED) is 0.824. The predicted octanol–water partition coefficient (Wildman–Crippen LogP) is 2.06. The van der Waals surface area contributed by atoms with Crippen LogP contribution in [-0.2, 0) is 6.18 Å². The zero-order valence-electron chi connectivity index (χ0n) is 9.11. The molecule has 0 aliphatic carbocycles. The molecule has 6 heteroatoms. The minimum atomic E-state index is -4.34. The average Bonchev–Trinajstić information content (AvgIpc) is 2.29. The molecule has 0 unspecified atom stereocenters. The van der Waals surface area contributed by atoms with Gasteiger partial charge in [0, 0.05) is 19.3 Å². The number of pyridine rings is 1. The van der Waals surface area contributed by atoms with Gasteiger partial charge in [-0.3, -0.25) is 0 Å². The van der Waals surface area contributed by atoms with Gasteiger partial charge in [-0.1, -0.05) is 0 Å². The summed E-state index contributed by atoms with van der Waals surface area (Å²) in [4.78, 5) is 5.71. The van der Waals surface area contributed by atoms with Crippen molar-refractivity contribution in [2.45, 2.75) is 25.1 Å². The second-order valence-electron chi connectivity index (χ2n) is 4.12. The third kappa shape index (κ3) is 2.88. The largest absolute Gasteiger partial charge is 0.416 e. The van der Waals surface area contributed by atoms with Gasteiger partial charge in [0.25, 0.3) is 0 Å². The van der Waals surface area contributed by atoms with E-state index in [1.54, 1.807) is 4.90 Å². The van der Waals surface area contributed by atoms with Gasteiger partial charge < -0.3 is 10.0 Å². The number of anilines is 1. The molecule has 0 radical (unpaired) electrons. The monoisotopic (exact) mass is 246 g/mol. The molecule has 1 aromatic heterocycles. The van der Waals surface area contributed by atoms with Gasteiger partial charge in [0.15, 0.2) is 0 Å². The molecule has 1 aliphatic rings. The van der Waals surface area contributed by atoms with Crippen molar-refractivity contribution in [3.05, 3.63) is 23.9 Å². The van der Waals surface area contributed by atoms with E-state index in [1.807, 2.05) is 0 Å². The SMILES string of the molecule is OC1CCN(c2cc(C(F)(F)F)ccn2)CC1. The van der Waals surface area contributed by atoms with E-state index in [2.05, 4.69) is 4.98 Å². The van der Waals surface area contributed by atoms with E-state index in [1.165, 1.54) is 6.20 Å². The smallest absolute Gasteiger partial charge is 0.393 e. The third-order valence-electron chi connectivity index (χ3n) is 2.86. The Morgan fingerprint density at radius 1 is 1.29 bits per heavy atom. The van der Waals surface area contributed by atoms with Gasteiger partial charge in [-0.25, -0.2) is 4.98 Å². The van der Waals surface area contributed by atoms with Crippen LogP contribution in [0, 0.1) is 0 Å². The molecule has 1 saturated heterocycles. The molecule has 1 fully saturated rings. The highest BCUT2D eigenvalue weighted by Crippen LogP contribution is 2.31. The first-order chi connectivity index (χ1) is 7.97. The molecule has 94 valence electrons. The zero-order valence-corrected chi connectivity index (χ0v) is 9.11. The lowest BCUT2D eigenvalue weighted by atomic mass is 10.1. The maximum absolute atomic E-state index is 12.5. The summed E-state index contributed by atoms with van der Waals surface area (Å²) >= 11 is 0. The number of piperidine rings is 1. The fraction of sp³-hybridized carbons (Fsp3) is 0.545. The first kappa shape index (κ1) is 12.2. The summed E-state index contributed by atoms with van der Waals surface area (Å²) in [5.74, 6) is 0.326. The van der Waals surface area contributed by atoms with Gasteiger partial charge >= 0.3 is 6.18 Å². The summed E-state index contributed by atoms with van der Waals surface area (Å²) in [6.45, 7) is 1.07. The summed E-state index contributed by atoms with van der Waals surface area (Å²) in [5, 5.41) is 9.33. The summed E-state index contributed by atoms with van der Waals surface area (Å²) < 4.78 is 37.5. The molecular weight excluding hydrogens is 233 g/mol. The Hall–Kier alpha value is -1.30. The van der Waals surface area contributed by atoms with Crippen molar-refractivity contribution in [2.75, 3.05) is 18.0 Å². The molecule has 2 heterocycles. The van der Waals surface area contributed by atoms with Crippen LogP contribution in [0.1, 0.15) is 18.4 Å². The number of nitrogens with zero attached hydrogens (tertiary/aromatic N) is 2. The molecule has 0 aromatic carbocycles. The molecule has 1 aromatic rings. The van der Waals surface area contributed by atoms with Crippen LogP contribution in [0.15, 0.2) is 18.3 Å². The highest BCUT2D eigenvalue weighted by atomic mass is 19.4. The lowest BCUT2D eigenvalue weighted by molar-refractivity contribution is -0.137. The van der Waals surface area contributed by atoms with Gasteiger partial charge in [-0.2, -0.15) is 13.2 Å². The number of hydrogen-bond acceptors (Lipinski definition) is 3. The summed E-state index contributed by atoms with van der Waals surface area (Å²) in [6.07, 6.45) is -2.39. The molecule has 0 amide bonds. The van der Waals surface area contributed by atoms with Crippen molar-refractivity contribution < 1.29 is 18.3 Å². The van der Waals surface area contributed by atoms with Crippen LogP contribution in [0.4, 0.5) is 19.0 Å². The molecular formula is C11H13F3N2O. The van der Waals surface area contributed by atoms with Gasteiger partial charge in [0.05, 0.1) is 11.7 Å².